The molecule has 7 heteroatoms. The Morgan fingerprint density at radius 2 is 1.65 bits per heavy atom. The first-order chi connectivity index (χ1) is 12.3. The van der Waals surface area contributed by atoms with Gasteiger partial charge in [0.2, 0.25) is 0 Å². The fourth-order valence-electron chi connectivity index (χ4n) is 2.46. The van der Waals surface area contributed by atoms with Gasteiger partial charge in [-0.1, -0.05) is 18.2 Å². The van der Waals surface area contributed by atoms with Crippen LogP contribution in [0.3, 0.4) is 0 Å². The number of anilines is 1. The van der Waals surface area contributed by atoms with E-state index in [0.29, 0.717) is 17.8 Å². The van der Waals surface area contributed by atoms with Crippen LogP contribution in [0.2, 0.25) is 0 Å². The van der Waals surface area contributed by atoms with Crippen molar-refractivity contribution in [1.82, 2.24) is 5.32 Å². The van der Waals surface area contributed by atoms with Crippen molar-refractivity contribution in [2.45, 2.75) is 11.3 Å². The topological polar surface area (TPSA) is 70.9 Å². The van der Waals surface area contributed by atoms with E-state index in [0.717, 1.165) is 13.0 Å². The molecule has 0 fully saturated rings. The monoisotopic (exact) mass is 376 g/mol. The second kappa shape index (κ2) is 8.82. The van der Waals surface area contributed by atoms with E-state index in [-0.39, 0.29) is 10.8 Å². The van der Waals surface area contributed by atoms with Crippen molar-refractivity contribution < 1.29 is 18.1 Å². The van der Waals surface area contributed by atoms with Gasteiger partial charge in [-0.05, 0) is 36.4 Å². The van der Waals surface area contributed by atoms with Gasteiger partial charge in [0, 0.05) is 25.6 Å². The number of carbonyl (C=O) groups excluding carboxylic acids is 1. The minimum atomic E-state index is -3.67. The van der Waals surface area contributed by atoms with Crippen LogP contribution in [0.5, 0.6) is 0 Å². The number of sulfonamides is 1. The molecule has 0 aliphatic carbocycles. The predicted octanol–water partition coefficient (Wildman–Crippen LogP) is 0.776. The largest absolute Gasteiger partial charge is 0.352 e. The summed E-state index contributed by atoms with van der Waals surface area (Å²) in [6.45, 7) is 1.57. The van der Waals surface area contributed by atoms with Crippen molar-refractivity contribution in [2.75, 3.05) is 38.5 Å². The summed E-state index contributed by atoms with van der Waals surface area (Å²) in [6.07, 6.45) is 0.891. The van der Waals surface area contributed by atoms with E-state index in [2.05, 4.69) is 19.4 Å². The lowest BCUT2D eigenvalue weighted by Gasteiger charge is -2.19. The van der Waals surface area contributed by atoms with Gasteiger partial charge < -0.3 is 10.2 Å². The Labute approximate surface area is 155 Å². The molecule has 0 aliphatic heterocycles. The highest BCUT2D eigenvalue weighted by Crippen LogP contribution is 2.21. The quantitative estimate of drug-likeness (QED) is 0.669. The van der Waals surface area contributed by atoms with Crippen molar-refractivity contribution >= 4 is 21.6 Å². The van der Waals surface area contributed by atoms with Crippen LogP contribution < -0.4 is 14.5 Å². The molecule has 1 amide bonds. The van der Waals surface area contributed by atoms with Crippen molar-refractivity contribution in [2.24, 2.45) is 0 Å². The SMILES string of the molecule is CN(c1ccccc1)S(=O)(=O)c1ccc(C(=O)NCCC[NH+](C)C)cc1. The zero-order valence-corrected chi connectivity index (χ0v) is 16.2. The van der Waals surface area contributed by atoms with Crippen LogP contribution in [0, 0.1) is 0 Å². The maximum absolute atomic E-state index is 12.7. The van der Waals surface area contributed by atoms with E-state index in [9.17, 15) is 13.2 Å². The van der Waals surface area contributed by atoms with E-state index in [4.69, 9.17) is 0 Å². The van der Waals surface area contributed by atoms with Gasteiger partial charge >= 0.3 is 0 Å². The molecule has 2 aromatic carbocycles. The lowest BCUT2D eigenvalue weighted by Crippen LogP contribution is -3.05. The molecule has 2 N–H and O–H groups in total. The van der Waals surface area contributed by atoms with Gasteiger partial charge in [-0.3, -0.25) is 9.10 Å². The van der Waals surface area contributed by atoms with E-state index < -0.39 is 10.0 Å². The Bertz CT molecular complexity index is 819. The maximum Gasteiger partial charge on any atom is 0.264 e. The zero-order chi connectivity index (χ0) is 19.2. The van der Waals surface area contributed by atoms with Crippen molar-refractivity contribution in [3.05, 3.63) is 60.2 Å². The van der Waals surface area contributed by atoms with Crippen molar-refractivity contribution in [1.29, 1.82) is 0 Å². The standard InChI is InChI=1S/C19H25N3O3S/c1-21(2)15-7-14-20-19(23)16-10-12-18(13-11-16)26(24,25)22(3)17-8-5-4-6-9-17/h4-6,8-13H,7,14-15H2,1-3H3,(H,20,23)/p+1. The molecule has 0 unspecified atom stereocenters. The summed E-state index contributed by atoms with van der Waals surface area (Å²) in [7, 11) is 1.97. The number of nitrogens with one attached hydrogen (secondary N) is 2. The highest BCUT2D eigenvalue weighted by molar-refractivity contribution is 7.92. The van der Waals surface area contributed by atoms with Crippen LogP contribution in [-0.4, -0.2) is 48.6 Å². The Morgan fingerprint density at radius 1 is 1.04 bits per heavy atom. The second-order valence-corrected chi connectivity index (χ2v) is 8.37. The maximum atomic E-state index is 12.7. The van der Waals surface area contributed by atoms with Crippen LogP contribution in [0.4, 0.5) is 5.69 Å². The van der Waals surface area contributed by atoms with Gasteiger partial charge in [0.25, 0.3) is 15.9 Å². The van der Waals surface area contributed by atoms with Gasteiger partial charge in [-0.15, -0.1) is 0 Å². The predicted molar refractivity (Wildman–Crippen MR) is 103 cm³/mol. The third-order valence-electron chi connectivity index (χ3n) is 4.03. The lowest BCUT2D eigenvalue weighted by molar-refractivity contribution is -0.858. The van der Waals surface area contributed by atoms with Gasteiger partial charge in [0.15, 0.2) is 0 Å². The second-order valence-electron chi connectivity index (χ2n) is 6.40. The summed E-state index contributed by atoms with van der Waals surface area (Å²) in [6, 6.07) is 14.9. The molecule has 0 aliphatic rings. The molecule has 2 aromatic rings. The number of hydrogen-bond donors (Lipinski definition) is 2. The van der Waals surface area contributed by atoms with Gasteiger partial charge in [-0.25, -0.2) is 8.42 Å². The number of amides is 1. The fraction of sp³-hybridized carbons (Fsp3) is 0.316. The molecule has 0 heterocycles. The minimum absolute atomic E-state index is 0.150. The van der Waals surface area contributed by atoms with Crippen LogP contribution in [0.15, 0.2) is 59.5 Å². The molecule has 0 radical (unpaired) electrons. The van der Waals surface area contributed by atoms with Crippen LogP contribution in [0.25, 0.3) is 0 Å². The van der Waals surface area contributed by atoms with Crippen molar-refractivity contribution in [3.63, 3.8) is 0 Å². The normalized spacial score (nSPS) is 11.4. The van der Waals surface area contributed by atoms with Gasteiger partial charge in [-0.2, -0.15) is 0 Å². The smallest absolute Gasteiger partial charge is 0.264 e. The molecule has 2 rings (SSSR count). The molecule has 140 valence electrons. The minimum Gasteiger partial charge on any atom is -0.352 e. The third kappa shape index (κ3) is 5.06. The number of carbonyl (C=O) groups is 1. The highest BCUT2D eigenvalue weighted by Gasteiger charge is 2.21. The summed E-state index contributed by atoms with van der Waals surface area (Å²) in [5.74, 6) is -0.195. The molecule has 0 saturated heterocycles. The van der Waals surface area contributed by atoms with Crippen molar-refractivity contribution in [3.8, 4) is 0 Å². The van der Waals surface area contributed by atoms with Gasteiger partial charge in [0.1, 0.15) is 0 Å². The summed E-state index contributed by atoms with van der Waals surface area (Å²) >= 11 is 0. The Kier molecular flexibility index (Phi) is 6.76. The van der Waals surface area contributed by atoms with Crippen LogP contribution in [-0.2, 0) is 10.0 Å². The Balaban J connectivity index is 2.05. The first-order valence-corrected chi connectivity index (χ1v) is 9.97. The first-order valence-electron chi connectivity index (χ1n) is 8.53. The fourth-order valence-corrected chi connectivity index (χ4v) is 3.65. The molecule has 26 heavy (non-hydrogen) atoms. The Morgan fingerprint density at radius 3 is 2.23 bits per heavy atom. The molecule has 0 aromatic heterocycles. The third-order valence-corrected chi connectivity index (χ3v) is 5.83. The number of benzene rings is 2. The van der Waals surface area contributed by atoms with E-state index in [1.807, 2.05) is 6.07 Å². The van der Waals surface area contributed by atoms with E-state index >= 15 is 0 Å². The number of nitrogens with zero attached hydrogens (tertiary/aromatic N) is 1. The van der Waals surface area contributed by atoms with E-state index in [1.165, 1.54) is 40.5 Å². The summed E-state index contributed by atoms with van der Waals surface area (Å²) in [5, 5.41) is 2.85. The average molecular weight is 377 g/mol. The molecular weight excluding hydrogens is 350 g/mol. The number of rotatable bonds is 8. The van der Waals surface area contributed by atoms with E-state index in [1.54, 1.807) is 24.3 Å². The summed E-state index contributed by atoms with van der Waals surface area (Å²) in [5.41, 5.74) is 1.03. The lowest BCUT2D eigenvalue weighted by atomic mass is 10.2. The number of hydrogen-bond acceptors (Lipinski definition) is 3. The Hall–Kier alpha value is -2.38. The molecule has 6 nitrogen and oxygen atoms in total. The molecule has 0 atom stereocenters. The molecule has 0 bridgehead atoms. The number of quaternary nitrogens is 1. The van der Waals surface area contributed by atoms with Gasteiger partial charge in [0.05, 0.1) is 31.2 Å². The average Bonchev–Trinajstić information content (AvgIpc) is 2.65. The summed E-state index contributed by atoms with van der Waals surface area (Å²) < 4.78 is 26.7. The number of para-hydroxylation sites is 1. The molecular formula is C19H26N3O3S+. The first kappa shape index (κ1) is 19.9. The summed E-state index contributed by atoms with van der Waals surface area (Å²) in [4.78, 5) is 13.6. The molecule has 0 saturated carbocycles. The van der Waals surface area contributed by atoms with Crippen LogP contribution >= 0.6 is 0 Å². The zero-order valence-electron chi connectivity index (χ0n) is 15.4. The molecule has 0 spiro atoms. The van der Waals surface area contributed by atoms with Crippen LogP contribution in [0.1, 0.15) is 16.8 Å². The highest BCUT2D eigenvalue weighted by atomic mass is 32.2.